The maximum atomic E-state index is 12.5. The van der Waals surface area contributed by atoms with Crippen molar-refractivity contribution in [1.82, 2.24) is 14.8 Å². The third-order valence-corrected chi connectivity index (χ3v) is 5.31. The number of pyridine rings is 1. The summed E-state index contributed by atoms with van der Waals surface area (Å²) in [4.78, 5) is 21.1. The summed E-state index contributed by atoms with van der Waals surface area (Å²) in [6.45, 7) is 5.63. The van der Waals surface area contributed by atoms with Crippen LogP contribution in [0.25, 0.3) is 0 Å². The number of amides is 1. The molecule has 2 aromatic rings. The van der Waals surface area contributed by atoms with Crippen molar-refractivity contribution in [3.05, 3.63) is 46.4 Å². The number of hydrogen-bond donors (Lipinski definition) is 0. The molecule has 128 valence electrons. The SMILES string of the molecule is COc1ccc(CC(=O)N2CCN(C(C)c3ccsc3)CC2)nc1. The molecule has 3 rings (SSSR count). The summed E-state index contributed by atoms with van der Waals surface area (Å²) in [5.74, 6) is 0.859. The number of piperazine rings is 1. The first-order chi connectivity index (χ1) is 11.7. The normalized spacial score (nSPS) is 16.8. The molecule has 1 fully saturated rings. The van der Waals surface area contributed by atoms with Gasteiger partial charge in [-0.3, -0.25) is 14.7 Å². The second-order valence-corrected chi connectivity index (χ2v) is 6.80. The van der Waals surface area contributed by atoms with Crippen LogP contribution in [0.3, 0.4) is 0 Å². The first kappa shape index (κ1) is 16.9. The van der Waals surface area contributed by atoms with Crippen molar-refractivity contribution in [2.24, 2.45) is 0 Å². The predicted octanol–water partition coefficient (Wildman–Crippen LogP) is 2.60. The summed E-state index contributed by atoms with van der Waals surface area (Å²) in [5.41, 5.74) is 2.15. The molecule has 1 amide bonds. The highest BCUT2D eigenvalue weighted by atomic mass is 32.1. The topological polar surface area (TPSA) is 45.7 Å². The van der Waals surface area contributed by atoms with Crippen molar-refractivity contribution in [2.45, 2.75) is 19.4 Å². The fourth-order valence-electron chi connectivity index (χ4n) is 2.99. The number of thiophene rings is 1. The first-order valence-corrected chi connectivity index (χ1v) is 9.14. The molecule has 0 aliphatic carbocycles. The smallest absolute Gasteiger partial charge is 0.228 e. The fourth-order valence-corrected chi connectivity index (χ4v) is 3.73. The van der Waals surface area contributed by atoms with Gasteiger partial charge in [0.05, 0.1) is 19.7 Å². The summed E-state index contributed by atoms with van der Waals surface area (Å²) < 4.78 is 5.09. The average molecular weight is 345 g/mol. The molecule has 0 N–H and O–H groups in total. The van der Waals surface area contributed by atoms with Crippen LogP contribution >= 0.6 is 11.3 Å². The summed E-state index contributed by atoms with van der Waals surface area (Å²) in [7, 11) is 1.61. The molecule has 1 aliphatic rings. The molecule has 0 aromatic carbocycles. The Bertz CT molecular complexity index is 649. The molecule has 0 radical (unpaired) electrons. The van der Waals surface area contributed by atoms with Gasteiger partial charge in [-0.05, 0) is 41.4 Å². The standard InChI is InChI=1S/C18H23N3O2S/c1-14(15-5-10-24-13-15)20-6-8-21(9-7-20)18(22)11-16-3-4-17(23-2)12-19-16/h3-5,10,12-14H,6-9,11H2,1-2H3. The third kappa shape index (κ3) is 3.94. The Morgan fingerprint density at radius 1 is 1.29 bits per heavy atom. The van der Waals surface area contributed by atoms with Crippen molar-refractivity contribution in [2.75, 3.05) is 33.3 Å². The molecule has 5 nitrogen and oxygen atoms in total. The van der Waals surface area contributed by atoms with Gasteiger partial charge in [-0.25, -0.2) is 0 Å². The Hall–Kier alpha value is -1.92. The van der Waals surface area contributed by atoms with Gasteiger partial charge >= 0.3 is 0 Å². The Balaban J connectivity index is 1.51. The van der Waals surface area contributed by atoms with Crippen molar-refractivity contribution in [3.8, 4) is 5.75 Å². The van der Waals surface area contributed by atoms with E-state index in [1.165, 1.54) is 5.56 Å². The van der Waals surface area contributed by atoms with Gasteiger partial charge in [0.2, 0.25) is 5.91 Å². The van der Waals surface area contributed by atoms with Crippen LogP contribution in [-0.2, 0) is 11.2 Å². The lowest BCUT2D eigenvalue weighted by molar-refractivity contribution is -0.132. The minimum atomic E-state index is 0.149. The maximum absolute atomic E-state index is 12.5. The molecular formula is C18H23N3O2S. The van der Waals surface area contributed by atoms with Crippen LogP contribution in [0.15, 0.2) is 35.2 Å². The minimum absolute atomic E-state index is 0.149. The molecule has 6 heteroatoms. The van der Waals surface area contributed by atoms with Crippen molar-refractivity contribution in [3.63, 3.8) is 0 Å². The largest absolute Gasteiger partial charge is 0.495 e. The summed E-state index contributed by atoms with van der Waals surface area (Å²) >= 11 is 1.73. The number of carbonyl (C=O) groups is 1. The fraction of sp³-hybridized carbons (Fsp3) is 0.444. The number of ether oxygens (including phenoxy) is 1. The summed E-state index contributed by atoms with van der Waals surface area (Å²) in [6.07, 6.45) is 2.01. The number of methoxy groups -OCH3 is 1. The summed E-state index contributed by atoms with van der Waals surface area (Å²) in [5, 5.41) is 4.32. The van der Waals surface area contributed by atoms with Crippen LogP contribution in [0, 0.1) is 0 Å². The molecule has 24 heavy (non-hydrogen) atoms. The van der Waals surface area contributed by atoms with E-state index in [1.807, 2.05) is 17.0 Å². The zero-order valence-corrected chi connectivity index (χ0v) is 15.0. The molecule has 1 atom stereocenters. The molecule has 0 bridgehead atoms. The number of hydrogen-bond acceptors (Lipinski definition) is 5. The van der Waals surface area contributed by atoms with Crippen LogP contribution in [-0.4, -0.2) is 54.0 Å². The molecule has 3 heterocycles. The van der Waals surface area contributed by atoms with Crippen LogP contribution in [0.1, 0.15) is 24.2 Å². The van der Waals surface area contributed by atoms with Crippen LogP contribution in [0.2, 0.25) is 0 Å². The van der Waals surface area contributed by atoms with Gasteiger partial charge in [-0.1, -0.05) is 0 Å². The van der Waals surface area contributed by atoms with Crippen LogP contribution < -0.4 is 4.74 Å². The van der Waals surface area contributed by atoms with E-state index in [0.29, 0.717) is 18.2 Å². The first-order valence-electron chi connectivity index (χ1n) is 8.20. The van der Waals surface area contributed by atoms with Gasteiger partial charge in [0.15, 0.2) is 0 Å². The van der Waals surface area contributed by atoms with Gasteiger partial charge in [0, 0.05) is 37.9 Å². The minimum Gasteiger partial charge on any atom is -0.495 e. The monoisotopic (exact) mass is 345 g/mol. The van der Waals surface area contributed by atoms with Crippen molar-refractivity contribution in [1.29, 1.82) is 0 Å². The highest BCUT2D eigenvalue weighted by Crippen LogP contribution is 2.23. The average Bonchev–Trinajstić information content (AvgIpc) is 3.16. The van der Waals surface area contributed by atoms with Crippen LogP contribution in [0.5, 0.6) is 5.75 Å². The molecular weight excluding hydrogens is 322 g/mol. The Morgan fingerprint density at radius 3 is 2.67 bits per heavy atom. The molecule has 1 aliphatic heterocycles. The quantitative estimate of drug-likeness (QED) is 0.836. The van der Waals surface area contributed by atoms with E-state index < -0.39 is 0 Å². The lowest BCUT2D eigenvalue weighted by atomic mass is 10.1. The van der Waals surface area contributed by atoms with Crippen molar-refractivity contribution >= 4 is 17.2 Å². The Morgan fingerprint density at radius 2 is 2.08 bits per heavy atom. The van der Waals surface area contributed by atoms with Gasteiger partial charge in [0.25, 0.3) is 0 Å². The Labute approximate surface area is 146 Å². The number of rotatable bonds is 5. The van der Waals surface area contributed by atoms with Gasteiger partial charge < -0.3 is 9.64 Å². The highest BCUT2D eigenvalue weighted by molar-refractivity contribution is 7.07. The van der Waals surface area contributed by atoms with E-state index in [0.717, 1.165) is 31.9 Å². The van der Waals surface area contributed by atoms with Crippen molar-refractivity contribution < 1.29 is 9.53 Å². The Kier molecular flexibility index (Phi) is 5.48. The van der Waals surface area contributed by atoms with E-state index in [1.54, 1.807) is 24.6 Å². The lowest BCUT2D eigenvalue weighted by Crippen LogP contribution is -2.49. The molecule has 0 saturated carbocycles. The third-order valence-electron chi connectivity index (χ3n) is 4.61. The number of nitrogens with zero attached hydrogens (tertiary/aromatic N) is 3. The molecule has 2 aromatic heterocycles. The van der Waals surface area contributed by atoms with Gasteiger partial charge in [-0.15, -0.1) is 0 Å². The van der Waals surface area contributed by atoms with E-state index in [-0.39, 0.29) is 5.91 Å². The van der Waals surface area contributed by atoms with Gasteiger partial charge in [0.1, 0.15) is 5.75 Å². The molecule has 0 spiro atoms. The second-order valence-electron chi connectivity index (χ2n) is 6.02. The number of aromatic nitrogens is 1. The predicted molar refractivity (Wildman–Crippen MR) is 95.4 cm³/mol. The van der Waals surface area contributed by atoms with E-state index >= 15 is 0 Å². The zero-order chi connectivity index (χ0) is 16.9. The van der Waals surface area contributed by atoms with Crippen LogP contribution in [0.4, 0.5) is 0 Å². The summed E-state index contributed by atoms with van der Waals surface area (Å²) in [6, 6.07) is 6.29. The highest BCUT2D eigenvalue weighted by Gasteiger charge is 2.25. The van der Waals surface area contributed by atoms with E-state index in [9.17, 15) is 4.79 Å². The van der Waals surface area contributed by atoms with Gasteiger partial charge in [-0.2, -0.15) is 11.3 Å². The lowest BCUT2D eigenvalue weighted by Gasteiger charge is -2.38. The number of carbonyl (C=O) groups excluding carboxylic acids is 1. The van der Waals surface area contributed by atoms with E-state index in [2.05, 4.69) is 33.6 Å². The second kappa shape index (κ2) is 7.77. The molecule has 1 saturated heterocycles. The molecule has 1 unspecified atom stereocenters. The maximum Gasteiger partial charge on any atom is 0.228 e. The van der Waals surface area contributed by atoms with E-state index in [4.69, 9.17) is 4.74 Å². The zero-order valence-electron chi connectivity index (χ0n) is 14.1.